The highest BCUT2D eigenvalue weighted by Gasteiger charge is 2.05. The minimum Gasteiger partial charge on any atom is -0.295 e. The van der Waals surface area contributed by atoms with Gasteiger partial charge in [0.05, 0.1) is 0 Å². The topological polar surface area (TPSA) is 17.1 Å². The predicted octanol–water partition coefficient (Wildman–Crippen LogP) is 2.99. The number of rotatable bonds is 1. The zero-order valence-corrected chi connectivity index (χ0v) is 7.94. The molecule has 14 heavy (non-hydrogen) atoms. The van der Waals surface area contributed by atoms with E-state index >= 15 is 0 Å². The van der Waals surface area contributed by atoms with Crippen molar-refractivity contribution < 1.29 is 4.79 Å². The molecule has 1 aliphatic carbocycles. The third kappa shape index (κ3) is 2.19. The van der Waals surface area contributed by atoms with Crippen LogP contribution in [0.5, 0.6) is 0 Å². The van der Waals surface area contributed by atoms with Gasteiger partial charge in [-0.25, -0.2) is 0 Å². The summed E-state index contributed by atoms with van der Waals surface area (Å²) in [5.41, 5.74) is 2.43. The highest BCUT2D eigenvalue weighted by molar-refractivity contribution is 5.92. The first kappa shape index (κ1) is 8.95. The molecule has 0 spiro atoms. The van der Waals surface area contributed by atoms with Gasteiger partial charge in [0, 0.05) is 6.42 Å². The number of ketones is 1. The van der Waals surface area contributed by atoms with Crippen LogP contribution in [-0.4, -0.2) is 5.78 Å². The molecule has 1 aliphatic rings. The van der Waals surface area contributed by atoms with Gasteiger partial charge in [-0.3, -0.25) is 4.79 Å². The Labute approximate surface area is 83.8 Å². The monoisotopic (exact) mass is 184 g/mol. The molecule has 70 valence electrons. The molecule has 0 N–H and O–H groups in total. The van der Waals surface area contributed by atoms with Gasteiger partial charge in [0.25, 0.3) is 0 Å². The highest BCUT2D eigenvalue weighted by Crippen LogP contribution is 2.17. The number of carbonyl (C=O) groups is 1. The van der Waals surface area contributed by atoms with Gasteiger partial charge in [-0.05, 0) is 23.6 Å². The van der Waals surface area contributed by atoms with E-state index in [1.165, 1.54) is 11.1 Å². The summed E-state index contributed by atoms with van der Waals surface area (Å²) in [4.78, 5) is 10.9. The molecule has 0 radical (unpaired) electrons. The second-order valence-corrected chi connectivity index (χ2v) is 3.43. The molecule has 0 bridgehead atoms. The van der Waals surface area contributed by atoms with Gasteiger partial charge in [0.2, 0.25) is 0 Å². The van der Waals surface area contributed by atoms with Crippen molar-refractivity contribution in [2.24, 2.45) is 0 Å². The summed E-state index contributed by atoms with van der Waals surface area (Å²) in [6.45, 7) is 0. The molecule has 1 aromatic carbocycles. The summed E-state index contributed by atoms with van der Waals surface area (Å²) in [7, 11) is 0. The molecule has 1 heteroatoms. The number of hydrogen-bond acceptors (Lipinski definition) is 1. The molecule has 0 aliphatic heterocycles. The van der Waals surface area contributed by atoms with Crippen LogP contribution in [0.3, 0.4) is 0 Å². The summed E-state index contributed by atoms with van der Waals surface area (Å²) >= 11 is 0. The van der Waals surface area contributed by atoms with Crippen molar-refractivity contribution >= 4 is 11.9 Å². The average molecular weight is 184 g/mol. The molecule has 1 nitrogen and oxygen atoms in total. The van der Waals surface area contributed by atoms with E-state index in [2.05, 4.69) is 18.2 Å². The molecule has 0 aromatic heterocycles. The molecular weight excluding hydrogens is 172 g/mol. The van der Waals surface area contributed by atoms with Crippen molar-refractivity contribution in [2.45, 2.75) is 12.8 Å². The Morgan fingerprint density at radius 1 is 1.00 bits per heavy atom. The lowest BCUT2D eigenvalue weighted by atomic mass is 9.99. The molecule has 0 saturated heterocycles. The van der Waals surface area contributed by atoms with Gasteiger partial charge in [0.15, 0.2) is 5.78 Å². The van der Waals surface area contributed by atoms with Crippen LogP contribution < -0.4 is 0 Å². The fraction of sp³-hybridized carbons (Fsp3) is 0.154. The summed E-state index contributed by atoms with van der Waals surface area (Å²) in [5, 5.41) is 0. The first-order valence-electron chi connectivity index (χ1n) is 4.81. The first-order chi connectivity index (χ1) is 6.84. The Balaban J connectivity index is 2.20. The van der Waals surface area contributed by atoms with Crippen LogP contribution in [0.4, 0.5) is 0 Å². The van der Waals surface area contributed by atoms with Gasteiger partial charge in [-0.15, -0.1) is 0 Å². The number of benzene rings is 1. The quantitative estimate of drug-likeness (QED) is 0.655. The van der Waals surface area contributed by atoms with Crippen LogP contribution in [0.25, 0.3) is 6.08 Å². The second-order valence-electron chi connectivity index (χ2n) is 3.43. The zero-order chi connectivity index (χ0) is 9.80. The van der Waals surface area contributed by atoms with Crippen molar-refractivity contribution in [3.05, 3.63) is 53.6 Å². The van der Waals surface area contributed by atoms with Gasteiger partial charge in [-0.2, -0.15) is 0 Å². The Morgan fingerprint density at radius 3 is 2.43 bits per heavy atom. The Hall–Kier alpha value is -1.63. The van der Waals surface area contributed by atoms with Crippen LogP contribution >= 0.6 is 0 Å². The van der Waals surface area contributed by atoms with Crippen molar-refractivity contribution in [3.63, 3.8) is 0 Å². The Bertz CT molecular complexity index is 385. The standard InChI is InChI=1S/C13H12O/c14-13-8-6-12(7-9-13)10-11-4-2-1-3-5-11/h1-6,8,10H,7,9H2/b12-10+. The summed E-state index contributed by atoms with van der Waals surface area (Å²) in [5.74, 6) is 0.232. The predicted molar refractivity (Wildman–Crippen MR) is 57.8 cm³/mol. The van der Waals surface area contributed by atoms with Gasteiger partial charge in [-0.1, -0.05) is 42.5 Å². The Kier molecular flexibility index (Phi) is 2.59. The van der Waals surface area contributed by atoms with E-state index in [0.717, 1.165) is 6.42 Å². The van der Waals surface area contributed by atoms with E-state index in [-0.39, 0.29) is 5.78 Å². The summed E-state index contributed by atoms with van der Waals surface area (Å²) < 4.78 is 0. The summed E-state index contributed by atoms with van der Waals surface area (Å²) in [6.07, 6.45) is 7.22. The summed E-state index contributed by atoms with van der Waals surface area (Å²) in [6, 6.07) is 10.2. The molecular formula is C13H12O. The van der Waals surface area contributed by atoms with E-state index < -0.39 is 0 Å². The zero-order valence-electron chi connectivity index (χ0n) is 7.94. The van der Waals surface area contributed by atoms with Crippen LogP contribution in [0.2, 0.25) is 0 Å². The highest BCUT2D eigenvalue weighted by atomic mass is 16.1. The third-order valence-corrected chi connectivity index (χ3v) is 2.30. The molecule has 0 atom stereocenters. The Morgan fingerprint density at radius 2 is 1.79 bits per heavy atom. The van der Waals surface area contributed by atoms with Crippen molar-refractivity contribution in [1.82, 2.24) is 0 Å². The smallest absolute Gasteiger partial charge is 0.156 e. The van der Waals surface area contributed by atoms with E-state index in [0.29, 0.717) is 6.42 Å². The largest absolute Gasteiger partial charge is 0.295 e. The lowest BCUT2D eigenvalue weighted by Crippen LogP contribution is -1.98. The van der Waals surface area contributed by atoms with E-state index in [1.807, 2.05) is 24.3 Å². The molecule has 0 amide bonds. The fourth-order valence-electron chi connectivity index (χ4n) is 1.52. The minimum atomic E-state index is 0.232. The van der Waals surface area contributed by atoms with Gasteiger partial charge < -0.3 is 0 Å². The molecule has 0 heterocycles. The fourth-order valence-corrected chi connectivity index (χ4v) is 1.52. The lowest BCUT2D eigenvalue weighted by Gasteiger charge is -2.05. The third-order valence-electron chi connectivity index (χ3n) is 2.30. The van der Waals surface area contributed by atoms with Crippen molar-refractivity contribution in [2.75, 3.05) is 0 Å². The lowest BCUT2D eigenvalue weighted by molar-refractivity contribution is -0.114. The number of allylic oxidation sites excluding steroid dienone is 3. The van der Waals surface area contributed by atoms with E-state index in [1.54, 1.807) is 6.08 Å². The number of hydrogen-bond donors (Lipinski definition) is 0. The number of carbonyl (C=O) groups excluding carboxylic acids is 1. The maximum atomic E-state index is 10.9. The van der Waals surface area contributed by atoms with Crippen molar-refractivity contribution in [3.8, 4) is 0 Å². The van der Waals surface area contributed by atoms with Gasteiger partial charge in [0.1, 0.15) is 0 Å². The van der Waals surface area contributed by atoms with Crippen molar-refractivity contribution in [1.29, 1.82) is 0 Å². The molecule has 0 fully saturated rings. The van der Waals surface area contributed by atoms with E-state index in [4.69, 9.17) is 0 Å². The minimum absolute atomic E-state index is 0.232. The molecule has 0 unspecified atom stereocenters. The normalized spacial score (nSPS) is 18.9. The average Bonchev–Trinajstić information content (AvgIpc) is 2.23. The maximum absolute atomic E-state index is 10.9. The van der Waals surface area contributed by atoms with Gasteiger partial charge >= 0.3 is 0 Å². The molecule has 0 saturated carbocycles. The van der Waals surface area contributed by atoms with E-state index in [9.17, 15) is 4.79 Å². The molecule has 2 rings (SSSR count). The second kappa shape index (κ2) is 4.05. The van der Waals surface area contributed by atoms with Crippen LogP contribution in [0, 0.1) is 0 Å². The maximum Gasteiger partial charge on any atom is 0.156 e. The van der Waals surface area contributed by atoms with Crippen LogP contribution in [0.15, 0.2) is 48.1 Å². The SMILES string of the molecule is O=C1C=C/C(=C\c2ccccc2)CC1. The molecule has 1 aromatic rings. The van der Waals surface area contributed by atoms with Crippen LogP contribution in [0.1, 0.15) is 18.4 Å². The first-order valence-corrected chi connectivity index (χ1v) is 4.81. The van der Waals surface area contributed by atoms with Crippen LogP contribution in [-0.2, 0) is 4.79 Å².